The van der Waals surface area contributed by atoms with E-state index in [4.69, 9.17) is 9.47 Å². The summed E-state index contributed by atoms with van der Waals surface area (Å²) in [7, 11) is 3.57. The average molecular weight is 274 g/mol. The highest BCUT2D eigenvalue weighted by molar-refractivity contribution is 9.10. The van der Waals surface area contributed by atoms with Gasteiger partial charge in [-0.2, -0.15) is 0 Å². The Morgan fingerprint density at radius 3 is 2.87 bits per heavy atom. The van der Waals surface area contributed by atoms with Gasteiger partial charge < -0.3 is 14.8 Å². The Morgan fingerprint density at radius 2 is 2.27 bits per heavy atom. The third-order valence-corrected chi connectivity index (χ3v) is 2.38. The largest absolute Gasteiger partial charge is 0.487 e. The normalized spacial score (nSPS) is 12.5. The van der Waals surface area contributed by atoms with Gasteiger partial charge in [0, 0.05) is 18.1 Å². The van der Waals surface area contributed by atoms with Crippen molar-refractivity contribution in [1.29, 1.82) is 0 Å². The summed E-state index contributed by atoms with van der Waals surface area (Å²) in [6.45, 7) is 1.34. The average Bonchev–Trinajstić information content (AvgIpc) is 2.18. The Morgan fingerprint density at radius 1 is 1.47 bits per heavy atom. The first-order valence-electron chi connectivity index (χ1n) is 4.82. The summed E-state index contributed by atoms with van der Waals surface area (Å²) in [6.07, 6.45) is 0.0364. The summed E-state index contributed by atoms with van der Waals surface area (Å²) in [5.41, 5.74) is 0. The molecule has 0 fully saturated rings. The van der Waals surface area contributed by atoms with Gasteiger partial charge in [0.05, 0.1) is 6.61 Å². The number of ether oxygens (including phenoxy) is 2. The van der Waals surface area contributed by atoms with E-state index in [1.54, 1.807) is 7.11 Å². The third kappa shape index (κ3) is 4.64. The molecule has 84 valence electrons. The lowest BCUT2D eigenvalue weighted by Gasteiger charge is -2.18. The first kappa shape index (κ1) is 12.5. The van der Waals surface area contributed by atoms with Crippen molar-refractivity contribution in [2.24, 2.45) is 0 Å². The van der Waals surface area contributed by atoms with E-state index < -0.39 is 0 Å². The van der Waals surface area contributed by atoms with Crippen LogP contribution in [0.25, 0.3) is 0 Å². The molecule has 0 aliphatic heterocycles. The highest BCUT2D eigenvalue weighted by atomic mass is 79.9. The van der Waals surface area contributed by atoms with Gasteiger partial charge in [-0.15, -0.1) is 0 Å². The van der Waals surface area contributed by atoms with Crippen LogP contribution >= 0.6 is 15.9 Å². The van der Waals surface area contributed by atoms with Crippen LogP contribution in [-0.2, 0) is 4.74 Å². The molecule has 0 aromatic heterocycles. The van der Waals surface area contributed by atoms with Crippen LogP contribution in [0.15, 0.2) is 28.7 Å². The van der Waals surface area contributed by atoms with Crippen molar-refractivity contribution in [2.45, 2.75) is 6.10 Å². The monoisotopic (exact) mass is 273 g/mol. The predicted molar refractivity (Wildman–Crippen MR) is 64.4 cm³/mol. The van der Waals surface area contributed by atoms with Gasteiger partial charge in [0.1, 0.15) is 11.9 Å². The summed E-state index contributed by atoms with van der Waals surface area (Å²) in [5, 5.41) is 3.07. The van der Waals surface area contributed by atoms with Gasteiger partial charge in [-0.1, -0.05) is 22.0 Å². The van der Waals surface area contributed by atoms with E-state index in [9.17, 15) is 0 Å². The molecule has 0 aliphatic carbocycles. The second-order valence-electron chi connectivity index (χ2n) is 3.21. The molecule has 0 radical (unpaired) electrons. The SMILES string of the molecule is CNCC(COC)Oc1cccc(Br)c1. The molecule has 0 spiro atoms. The van der Waals surface area contributed by atoms with Crippen LogP contribution < -0.4 is 10.1 Å². The van der Waals surface area contributed by atoms with Crippen LogP contribution in [0.3, 0.4) is 0 Å². The van der Waals surface area contributed by atoms with Gasteiger partial charge in [0.15, 0.2) is 0 Å². The molecule has 0 amide bonds. The van der Waals surface area contributed by atoms with Crippen LogP contribution in [0.2, 0.25) is 0 Å². The molecule has 1 N–H and O–H groups in total. The zero-order valence-electron chi connectivity index (χ0n) is 9.00. The Kier molecular flexibility index (Phi) is 5.68. The van der Waals surface area contributed by atoms with Gasteiger partial charge in [-0.3, -0.25) is 0 Å². The zero-order valence-corrected chi connectivity index (χ0v) is 10.6. The van der Waals surface area contributed by atoms with Crippen LogP contribution in [0.4, 0.5) is 0 Å². The molecule has 1 aromatic carbocycles. The van der Waals surface area contributed by atoms with Crippen molar-refractivity contribution in [1.82, 2.24) is 5.32 Å². The number of hydrogen-bond acceptors (Lipinski definition) is 3. The van der Waals surface area contributed by atoms with E-state index in [2.05, 4.69) is 21.2 Å². The maximum absolute atomic E-state index is 5.76. The van der Waals surface area contributed by atoms with Crippen molar-refractivity contribution < 1.29 is 9.47 Å². The molecule has 0 saturated carbocycles. The maximum Gasteiger partial charge on any atom is 0.134 e. The molecule has 3 nitrogen and oxygen atoms in total. The fourth-order valence-electron chi connectivity index (χ4n) is 1.28. The molecule has 1 aromatic rings. The zero-order chi connectivity index (χ0) is 11.1. The summed E-state index contributed by atoms with van der Waals surface area (Å²) >= 11 is 3.40. The lowest BCUT2D eigenvalue weighted by atomic mass is 10.3. The lowest BCUT2D eigenvalue weighted by molar-refractivity contribution is 0.0818. The number of nitrogens with one attached hydrogen (secondary N) is 1. The van der Waals surface area contributed by atoms with Gasteiger partial charge in [0.2, 0.25) is 0 Å². The quantitative estimate of drug-likeness (QED) is 0.861. The molecule has 1 unspecified atom stereocenters. The number of benzene rings is 1. The molecule has 4 heteroatoms. The lowest BCUT2D eigenvalue weighted by Crippen LogP contribution is -2.33. The molecule has 0 heterocycles. The van der Waals surface area contributed by atoms with Crippen molar-refractivity contribution in [2.75, 3.05) is 27.3 Å². The molecule has 1 rings (SSSR count). The minimum atomic E-state index is 0.0364. The summed E-state index contributed by atoms with van der Waals surface area (Å²) in [4.78, 5) is 0. The molecule has 0 aliphatic rings. The van der Waals surface area contributed by atoms with Crippen molar-refractivity contribution in [3.05, 3.63) is 28.7 Å². The van der Waals surface area contributed by atoms with E-state index in [1.165, 1.54) is 0 Å². The van der Waals surface area contributed by atoms with Gasteiger partial charge in [-0.05, 0) is 25.2 Å². The fraction of sp³-hybridized carbons (Fsp3) is 0.455. The first-order chi connectivity index (χ1) is 7.26. The second kappa shape index (κ2) is 6.82. The highest BCUT2D eigenvalue weighted by Crippen LogP contribution is 2.18. The Hall–Kier alpha value is -0.580. The Bertz CT molecular complexity index is 288. The van der Waals surface area contributed by atoms with Crippen molar-refractivity contribution >= 4 is 15.9 Å². The number of likely N-dealkylation sites (N-methyl/N-ethyl adjacent to an activating group) is 1. The summed E-state index contributed by atoms with van der Waals surface area (Å²) in [5.74, 6) is 0.849. The second-order valence-corrected chi connectivity index (χ2v) is 4.13. The number of rotatable bonds is 6. The van der Waals surface area contributed by atoms with Crippen LogP contribution in [0.1, 0.15) is 0 Å². The van der Waals surface area contributed by atoms with E-state index in [0.717, 1.165) is 16.8 Å². The standard InChI is InChI=1S/C11H16BrNO2/c1-13-7-11(8-14-2)15-10-5-3-4-9(12)6-10/h3-6,11,13H,7-8H2,1-2H3. The molecule has 0 bridgehead atoms. The third-order valence-electron chi connectivity index (χ3n) is 1.88. The van der Waals surface area contributed by atoms with Crippen molar-refractivity contribution in [3.8, 4) is 5.75 Å². The van der Waals surface area contributed by atoms with E-state index >= 15 is 0 Å². The molecule has 15 heavy (non-hydrogen) atoms. The fourth-order valence-corrected chi connectivity index (χ4v) is 1.66. The Labute approximate surface area is 98.9 Å². The van der Waals surface area contributed by atoms with Gasteiger partial charge in [0.25, 0.3) is 0 Å². The molecule has 1 atom stereocenters. The van der Waals surface area contributed by atoms with E-state index in [1.807, 2.05) is 31.3 Å². The smallest absolute Gasteiger partial charge is 0.134 e. The van der Waals surface area contributed by atoms with Crippen LogP contribution in [0, 0.1) is 0 Å². The van der Waals surface area contributed by atoms with Gasteiger partial charge in [-0.25, -0.2) is 0 Å². The van der Waals surface area contributed by atoms with Crippen molar-refractivity contribution in [3.63, 3.8) is 0 Å². The molecule has 0 saturated heterocycles. The van der Waals surface area contributed by atoms with Gasteiger partial charge >= 0.3 is 0 Å². The van der Waals surface area contributed by atoms with Crippen LogP contribution in [0.5, 0.6) is 5.75 Å². The molecular weight excluding hydrogens is 258 g/mol. The van der Waals surface area contributed by atoms with Crippen LogP contribution in [-0.4, -0.2) is 33.4 Å². The number of methoxy groups -OCH3 is 1. The minimum absolute atomic E-state index is 0.0364. The topological polar surface area (TPSA) is 30.5 Å². The van der Waals surface area contributed by atoms with E-state index in [0.29, 0.717) is 6.61 Å². The summed E-state index contributed by atoms with van der Waals surface area (Å²) < 4.78 is 11.9. The first-order valence-corrected chi connectivity index (χ1v) is 5.61. The maximum atomic E-state index is 5.76. The summed E-state index contributed by atoms with van der Waals surface area (Å²) in [6, 6.07) is 7.79. The number of hydrogen-bond donors (Lipinski definition) is 1. The number of halogens is 1. The predicted octanol–water partition coefficient (Wildman–Crippen LogP) is 2.06. The molecular formula is C11H16BrNO2. The minimum Gasteiger partial charge on any atom is -0.487 e. The highest BCUT2D eigenvalue weighted by Gasteiger charge is 2.08. The Balaban J connectivity index is 2.56. The van der Waals surface area contributed by atoms with E-state index in [-0.39, 0.29) is 6.10 Å².